The van der Waals surface area contributed by atoms with Gasteiger partial charge in [0, 0.05) is 31.1 Å². The smallest absolute Gasteiger partial charge is 0.252 e. The molecule has 0 saturated carbocycles. The van der Waals surface area contributed by atoms with E-state index in [1.807, 2.05) is 19.9 Å². The van der Waals surface area contributed by atoms with Crippen molar-refractivity contribution in [2.24, 2.45) is 0 Å². The molecule has 1 aromatic heterocycles. The van der Waals surface area contributed by atoms with Crippen molar-refractivity contribution < 1.29 is 13.2 Å². The van der Waals surface area contributed by atoms with Crippen molar-refractivity contribution in [3.05, 3.63) is 17.0 Å². The minimum Gasteiger partial charge on any atom is -0.380 e. The van der Waals surface area contributed by atoms with Crippen molar-refractivity contribution >= 4 is 21.4 Å². The third-order valence-electron chi connectivity index (χ3n) is 3.00. The monoisotopic (exact) mass is 334 g/mol. The number of nitrogens with zero attached hydrogens (tertiary/aromatic N) is 1. The number of likely N-dealkylation sites (N-methyl/N-ethyl adjacent to an activating group) is 1. The summed E-state index contributed by atoms with van der Waals surface area (Å²) in [7, 11) is -3.40. The van der Waals surface area contributed by atoms with E-state index in [4.69, 9.17) is 4.74 Å². The van der Waals surface area contributed by atoms with Gasteiger partial charge in [0.1, 0.15) is 4.21 Å². The summed E-state index contributed by atoms with van der Waals surface area (Å²) in [6.07, 6.45) is 1.07. The van der Waals surface area contributed by atoms with Crippen LogP contribution in [0.3, 0.4) is 0 Å². The van der Waals surface area contributed by atoms with Gasteiger partial charge in [-0.3, -0.25) is 0 Å². The molecule has 1 rings (SSSR count). The van der Waals surface area contributed by atoms with Crippen LogP contribution < -0.4 is 5.32 Å². The van der Waals surface area contributed by atoms with E-state index in [0.717, 1.165) is 24.4 Å². The molecule has 0 bridgehead atoms. The molecule has 0 spiro atoms. The number of hydrogen-bond acceptors (Lipinski definition) is 5. The van der Waals surface area contributed by atoms with E-state index in [1.54, 1.807) is 6.07 Å². The fourth-order valence-electron chi connectivity index (χ4n) is 1.87. The topological polar surface area (TPSA) is 58.6 Å². The number of thiophene rings is 1. The largest absolute Gasteiger partial charge is 0.380 e. The van der Waals surface area contributed by atoms with Crippen LogP contribution in [0.2, 0.25) is 0 Å². The fourth-order valence-corrected chi connectivity index (χ4v) is 4.78. The van der Waals surface area contributed by atoms with Crippen LogP contribution in [0.1, 0.15) is 32.1 Å². The highest BCUT2D eigenvalue weighted by Crippen LogP contribution is 2.24. The number of sulfonamides is 1. The van der Waals surface area contributed by atoms with Crippen LogP contribution in [-0.2, 0) is 21.3 Å². The predicted molar refractivity (Wildman–Crippen MR) is 87.2 cm³/mol. The van der Waals surface area contributed by atoms with Gasteiger partial charge in [-0.15, -0.1) is 11.3 Å². The molecule has 7 heteroatoms. The Kier molecular flexibility index (Phi) is 8.43. The van der Waals surface area contributed by atoms with Gasteiger partial charge in [0.25, 0.3) is 10.0 Å². The normalized spacial score (nSPS) is 12.2. The summed E-state index contributed by atoms with van der Waals surface area (Å²) >= 11 is 1.34. The molecule has 0 atom stereocenters. The highest BCUT2D eigenvalue weighted by atomic mass is 32.2. The van der Waals surface area contributed by atoms with Crippen molar-refractivity contribution in [2.45, 2.75) is 37.9 Å². The minimum atomic E-state index is -3.40. The van der Waals surface area contributed by atoms with Gasteiger partial charge in [-0.05, 0) is 32.0 Å². The molecule has 0 aromatic carbocycles. The van der Waals surface area contributed by atoms with Crippen molar-refractivity contribution in [2.75, 3.05) is 32.8 Å². The maximum Gasteiger partial charge on any atom is 0.252 e. The standard InChI is InChI=1S/C14H26N2O3S2/c1-4-9-15-12-13-7-8-14(20-13)21(17,18)16(5-2)10-11-19-6-3/h7-8,15H,4-6,9-12H2,1-3H3. The second-order valence-corrected chi connectivity index (χ2v) is 7.92. The number of nitrogens with one attached hydrogen (secondary N) is 1. The number of ether oxygens (including phenoxy) is 1. The van der Waals surface area contributed by atoms with E-state index in [-0.39, 0.29) is 0 Å². The van der Waals surface area contributed by atoms with E-state index < -0.39 is 10.0 Å². The van der Waals surface area contributed by atoms with Gasteiger partial charge in [-0.1, -0.05) is 13.8 Å². The number of rotatable bonds is 11. The zero-order valence-corrected chi connectivity index (χ0v) is 14.7. The lowest BCUT2D eigenvalue weighted by Crippen LogP contribution is -2.33. The van der Waals surface area contributed by atoms with Crippen LogP contribution in [0.4, 0.5) is 0 Å². The molecular weight excluding hydrogens is 308 g/mol. The summed E-state index contributed by atoms with van der Waals surface area (Å²) in [6, 6.07) is 3.59. The molecule has 122 valence electrons. The van der Waals surface area contributed by atoms with E-state index >= 15 is 0 Å². The van der Waals surface area contributed by atoms with Crippen LogP contribution in [0.15, 0.2) is 16.3 Å². The van der Waals surface area contributed by atoms with Gasteiger partial charge >= 0.3 is 0 Å². The summed E-state index contributed by atoms with van der Waals surface area (Å²) in [6.45, 7) is 9.40. The first-order chi connectivity index (χ1) is 10.1. The van der Waals surface area contributed by atoms with Crippen molar-refractivity contribution in [1.82, 2.24) is 9.62 Å². The highest BCUT2D eigenvalue weighted by Gasteiger charge is 2.24. The van der Waals surface area contributed by atoms with Crippen LogP contribution in [0.25, 0.3) is 0 Å². The van der Waals surface area contributed by atoms with Gasteiger partial charge in [0.05, 0.1) is 6.61 Å². The molecule has 0 amide bonds. The molecule has 21 heavy (non-hydrogen) atoms. The average molecular weight is 335 g/mol. The zero-order valence-electron chi connectivity index (χ0n) is 13.1. The Balaban J connectivity index is 2.71. The molecule has 0 fully saturated rings. The van der Waals surface area contributed by atoms with Crippen LogP contribution in [-0.4, -0.2) is 45.6 Å². The Morgan fingerprint density at radius 2 is 2.05 bits per heavy atom. The van der Waals surface area contributed by atoms with E-state index in [1.165, 1.54) is 15.6 Å². The van der Waals surface area contributed by atoms with E-state index in [0.29, 0.717) is 30.5 Å². The average Bonchev–Trinajstić information content (AvgIpc) is 2.93. The lowest BCUT2D eigenvalue weighted by atomic mass is 10.4. The lowest BCUT2D eigenvalue weighted by molar-refractivity contribution is 0.135. The SMILES string of the molecule is CCCNCc1ccc(S(=O)(=O)N(CC)CCOCC)s1. The van der Waals surface area contributed by atoms with E-state index in [2.05, 4.69) is 12.2 Å². The van der Waals surface area contributed by atoms with Crippen LogP contribution in [0, 0.1) is 0 Å². The zero-order chi connectivity index (χ0) is 15.7. The Morgan fingerprint density at radius 1 is 1.29 bits per heavy atom. The second-order valence-electron chi connectivity index (χ2n) is 4.59. The quantitative estimate of drug-likeness (QED) is 0.631. The third-order valence-corrected chi connectivity index (χ3v) is 6.53. The molecule has 0 saturated heterocycles. The van der Waals surface area contributed by atoms with Crippen molar-refractivity contribution in [3.63, 3.8) is 0 Å². The van der Waals surface area contributed by atoms with Crippen molar-refractivity contribution in [3.8, 4) is 0 Å². The van der Waals surface area contributed by atoms with Crippen LogP contribution in [0.5, 0.6) is 0 Å². The molecule has 1 aromatic rings. The first-order valence-corrected chi connectivity index (χ1v) is 9.69. The van der Waals surface area contributed by atoms with Crippen LogP contribution >= 0.6 is 11.3 Å². The third kappa shape index (κ3) is 5.67. The molecule has 1 N–H and O–H groups in total. The van der Waals surface area contributed by atoms with Gasteiger partial charge in [0.2, 0.25) is 0 Å². The number of hydrogen-bond donors (Lipinski definition) is 1. The first-order valence-electron chi connectivity index (χ1n) is 7.43. The maximum absolute atomic E-state index is 12.6. The molecule has 1 heterocycles. The van der Waals surface area contributed by atoms with E-state index in [9.17, 15) is 8.42 Å². The summed E-state index contributed by atoms with van der Waals surface area (Å²) in [5.41, 5.74) is 0. The molecule has 0 unspecified atom stereocenters. The Bertz CT molecular complexity index is 500. The summed E-state index contributed by atoms with van der Waals surface area (Å²) in [4.78, 5) is 1.04. The molecule has 0 aliphatic carbocycles. The van der Waals surface area contributed by atoms with Gasteiger partial charge in [0.15, 0.2) is 0 Å². The summed E-state index contributed by atoms with van der Waals surface area (Å²) in [5.74, 6) is 0. The van der Waals surface area contributed by atoms with Gasteiger partial charge in [-0.2, -0.15) is 4.31 Å². The lowest BCUT2D eigenvalue weighted by Gasteiger charge is -2.19. The molecule has 0 aliphatic heterocycles. The molecule has 0 aliphatic rings. The van der Waals surface area contributed by atoms with Gasteiger partial charge in [-0.25, -0.2) is 8.42 Å². The summed E-state index contributed by atoms with van der Waals surface area (Å²) in [5, 5.41) is 3.28. The Labute approximate surface area is 132 Å². The van der Waals surface area contributed by atoms with Gasteiger partial charge < -0.3 is 10.1 Å². The van der Waals surface area contributed by atoms with Crippen molar-refractivity contribution in [1.29, 1.82) is 0 Å². The predicted octanol–water partition coefficient (Wildman–Crippen LogP) is 2.29. The molecular formula is C14H26N2O3S2. The summed E-state index contributed by atoms with van der Waals surface area (Å²) < 4.78 is 32.3. The maximum atomic E-state index is 12.6. The highest BCUT2D eigenvalue weighted by molar-refractivity contribution is 7.91. The first kappa shape index (κ1) is 18.6. The molecule has 5 nitrogen and oxygen atoms in total. The Hall–Kier alpha value is -0.470. The Morgan fingerprint density at radius 3 is 2.67 bits per heavy atom. The second kappa shape index (κ2) is 9.53. The molecule has 0 radical (unpaired) electrons. The minimum absolute atomic E-state index is 0.397. The fraction of sp³-hybridized carbons (Fsp3) is 0.714.